The molecular formula is C20H27N3O5S. The smallest absolute Gasteiger partial charge is 0.342 e. The standard InChI is InChI=1S/C20H27N3O5S/c1-7-27-20(26)17-14(8-11(2)3)10-29-18(17)21-15(24)9-28-19(25)16-12(4)22-23(6)13(16)5/h10-11H,7-9H2,1-6H3,(H,21,24). The fraction of sp³-hybridized carbons (Fsp3) is 0.500. The van der Waals surface area contributed by atoms with Gasteiger partial charge in [0.25, 0.3) is 5.91 Å². The first-order chi connectivity index (χ1) is 13.6. The summed E-state index contributed by atoms with van der Waals surface area (Å²) in [6.07, 6.45) is 0.690. The number of hydrogen-bond donors (Lipinski definition) is 1. The highest BCUT2D eigenvalue weighted by Gasteiger charge is 2.23. The molecule has 0 fully saturated rings. The van der Waals surface area contributed by atoms with Gasteiger partial charge in [-0.1, -0.05) is 13.8 Å². The Morgan fingerprint density at radius 2 is 1.83 bits per heavy atom. The number of amides is 1. The van der Waals surface area contributed by atoms with Crippen LogP contribution < -0.4 is 5.32 Å². The lowest BCUT2D eigenvalue weighted by molar-refractivity contribution is -0.119. The van der Waals surface area contributed by atoms with Crippen LogP contribution in [0.25, 0.3) is 0 Å². The van der Waals surface area contributed by atoms with Crippen LogP contribution in [0.2, 0.25) is 0 Å². The molecular weight excluding hydrogens is 394 g/mol. The molecule has 0 aliphatic carbocycles. The van der Waals surface area contributed by atoms with Crippen molar-refractivity contribution in [3.8, 4) is 0 Å². The second-order valence-corrected chi connectivity index (χ2v) is 7.96. The second-order valence-electron chi connectivity index (χ2n) is 7.08. The fourth-order valence-corrected chi connectivity index (χ4v) is 3.92. The van der Waals surface area contributed by atoms with E-state index in [1.165, 1.54) is 11.3 Å². The summed E-state index contributed by atoms with van der Waals surface area (Å²) in [5.74, 6) is -1.27. The van der Waals surface area contributed by atoms with Crippen LogP contribution in [0.4, 0.5) is 5.00 Å². The molecule has 2 aromatic heterocycles. The highest BCUT2D eigenvalue weighted by Crippen LogP contribution is 2.31. The van der Waals surface area contributed by atoms with Crippen LogP contribution in [0.5, 0.6) is 0 Å². The summed E-state index contributed by atoms with van der Waals surface area (Å²) in [7, 11) is 1.73. The van der Waals surface area contributed by atoms with Gasteiger partial charge in [0, 0.05) is 12.7 Å². The Bertz CT molecular complexity index is 914. The van der Waals surface area contributed by atoms with Crippen molar-refractivity contribution in [2.24, 2.45) is 13.0 Å². The molecule has 0 saturated carbocycles. The van der Waals surface area contributed by atoms with Crippen molar-refractivity contribution >= 4 is 34.2 Å². The first kappa shape index (κ1) is 22.6. The molecule has 29 heavy (non-hydrogen) atoms. The van der Waals surface area contributed by atoms with Crippen molar-refractivity contribution in [1.29, 1.82) is 0 Å². The highest BCUT2D eigenvalue weighted by atomic mass is 32.1. The summed E-state index contributed by atoms with van der Waals surface area (Å²) in [6, 6.07) is 0. The number of nitrogens with one attached hydrogen (secondary N) is 1. The Kier molecular flexibility index (Phi) is 7.55. The van der Waals surface area contributed by atoms with E-state index in [9.17, 15) is 14.4 Å². The molecule has 0 radical (unpaired) electrons. The Morgan fingerprint density at radius 3 is 2.38 bits per heavy atom. The number of rotatable bonds is 8. The molecule has 0 aliphatic heterocycles. The first-order valence-electron chi connectivity index (χ1n) is 9.40. The predicted molar refractivity (Wildman–Crippen MR) is 110 cm³/mol. The van der Waals surface area contributed by atoms with E-state index >= 15 is 0 Å². The van der Waals surface area contributed by atoms with E-state index in [1.54, 1.807) is 32.5 Å². The van der Waals surface area contributed by atoms with E-state index in [-0.39, 0.29) is 6.61 Å². The maximum absolute atomic E-state index is 12.4. The topological polar surface area (TPSA) is 99.5 Å². The summed E-state index contributed by atoms with van der Waals surface area (Å²) in [5, 5.41) is 9.07. The molecule has 0 spiro atoms. The Hall–Kier alpha value is -2.68. The van der Waals surface area contributed by atoms with Crippen molar-refractivity contribution in [2.75, 3.05) is 18.5 Å². The minimum absolute atomic E-state index is 0.241. The average molecular weight is 422 g/mol. The lowest BCUT2D eigenvalue weighted by atomic mass is 10.0. The van der Waals surface area contributed by atoms with Crippen molar-refractivity contribution < 1.29 is 23.9 Å². The largest absolute Gasteiger partial charge is 0.462 e. The van der Waals surface area contributed by atoms with Gasteiger partial charge in [-0.2, -0.15) is 5.10 Å². The van der Waals surface area contributed by atoms with Gasteiger partial charge in [0.2, 0.25) is 0 Å². The third-order valence-corrected chi connectivity index (χ3v) is 5.22. The number of anilines is 1. The number of carbonyl (C=O) groups excluding carboxylic acids is 3. The van der Waals surface area contributed by atoms with Gasteiger partial charge in [-0.05, 0) is 44.1 Å². The SMILES string of the molecule is CCOC(=O)c1c(CC(C)C)csc1NC(=O)COC(=O)c1c(C)nn(C)c1C. The maximum Gasteiger partial charge on any atom is 0.342 e. The molecule has 2 aromatic rings. The number of esters is 2. The summed E-state index contributed by atoms with van der Waals surface area (Å²) in [5.41, 5.74) is 2.75. The lowest BCUT2D eigenvalue weighted by Gasteiger charge is -2.10. The summed E-state index contributed by atoms with van der Waals surface area (Å²) >= 11 is 1.25. The second kappa shape index (κ2) is 9.69. The quantitative estimate of drug-likeness (QED) is 0.657. The molecule has 2 heterocycles. The first-order valence-corrected chi connectivity index (χ1v) is 10.3. The van der Waals surface area contributed by atoms with E-state index in [2.05, 4.69) is 10.4 Å². The van der Waals surface area contributed by atoms with Crippen LogP contribution >= 0.6 is 11.3 Å². The van der Waals surface area contributed by atoms with Gasteiger partial charge in [-0.15, -0.1) is 11.3 Å². The zero-order valence-electron chi connectivity index (χ0n) is 17.6. The Labute approximate surface area is 174 Å². The van der Waals surface area contributed by atoms with Crippen LogP contribution in [0.1, 0.15) is 58.4 Å². The third kappa shape index (κ3) is 5.44. The van der Waals surface area contributed by atoms with Gasteiger partial charge in [-0.25, -0.2) is 9.59 Å². The van der Waals surface area contributed by atoms with Crippen LogP contribution in [0, 0.1) is 19.8 Å². The van der Waals surface area contributed by atoms with Crippen molar-refractivity contribution in [3.63, 3.8) is 0 Å². The van der Waals surface area contributed by atoms with Crippen LogP contribution in [-0.2, 0) is 27.7 Å². The summed E-state index contributed by atoms with van der Waals surface area (Å²) < 4.78 is 11.9. The van der Waals surface area contributed by atoms with Gasteiger partial charge in [0.15, 0.2) is 6.61 Å². The van der Waals surface area contributed by atoms with E-state index in [4.69, 9.17) is 9.47 Å². The maximum atomic E-state index is 12.4. The molecule has 2 rings (SSSR count). The van der Waals surface area contributed by atoms with Gasteiger partial charge in [-0.3, -0.25) is 9.48 Å². The molecule has 8 nitrogen and oxygen atoms in total. The Balaban J connectivity index is 2.09. The molecule has 0 atom stereocenters. The van der Waals surface area contributed by atoms with E-state index < -0.39 is 24.5 Å². The number of nitrogens with zero attached hydrogens (tertiary/aromatic N) is 2. The van der Waals surface area contributed by atoms with Gasteiger partial charge in [0.1, 0.15) is 10.6 Å². The fourth-order valence-electron chi connectivity index (χ4n) is 2.94. The molecule has 1 N–H and O–H groups in total. The number of aromatic nitrogens is 2. The van der Waals surface area contributed by atoms with Crippen molar-refractivity contribution in [2.45, 2.75) is 41.0 Å². The summed E-state index contributed by atoms with van der Waals surface area (Å²) in [6.45, 7) is 9.06. The van der Waals surface area contributed by atoms with E-state index in [1.807, 2.05) is 19.2 Å². The molecule has 158 valence electrons. The number of hydrogen-bond acceptors (Lipinski definition) is 7. The third-order valence-electron chi connectivity index (χ3n) is 4.28. The van der Waals surface area contributed by atoms with Crippen LogP contribution in [-0.4, -0.2) is 40.8 Å². The van der Waals surface area contributed by atoms with Crippen molar-refractivity contribution in [1.82, 2.24) is 9.78 Å². The van der Waals surface area contributed by atoms with Gasteiger partial charge >= 0.3 is 11.9 Å². The van der Waals surface area contributed by atoms with E-state index in [0.29, 0.717) is 39.9 Å². The van der Waals surface area contributed by atoms with Gasteiger partial charge in [0.05, 0.1) is 17.9 Å². The highest BCUT2D eigenvalue weighted by molar-refractivity contribution is 7.15. The molecule has 9 heteroatoms. The van der Waals surface area contributed by atoms with E-state index in [0.717, 1.165) is 5.56 Å². The lowest BCUT2D eigenvalue weighted by Crippen LogP contribution is -2.22. The molecule has 0 unspecified atom stereocenters. The predicted octanol–water partition coefficient (Wildman–Crippen LogP) is 3.27. The number of thiophene rings is 1. The zero-order valence-corrected chi connectivity index (χ0v) is 18.4. The van der Waals surface area contributed by atoms with Crippen LogP contribution in [0.15, 0.2) is 5.38 Å². The minimum Gasteiger partial charge on any atom is -0.462 e. The Morgan fingerprint density at radius 1 is 1.17 bits per heavy atom. The zero-order chi connectivity index (χ0) is 21.7. The summed E-state index contributed by atoms with van der Waals surface area (Å²) in [4.78, 5) is 37.0. The molecule has 0 aromatic carbocycles. The minimum atomic E-state index is -0.611. The molecule has 1 amide bonds. The normalized spacial score (nSPS) is 10.9. The molecule has 0 bridgehead atoms. The van der Waals surface area contributed by atoms with Crippen LogP contribution in [0.3, 0.4) is 0 Å². The molecule has 0 aliphatic rings. The van der Waals surface area contributed by atoms with Gasteiger partial charge < -0.3 is 14.8 Å². The average Bonchev–Trinajstić information content (AvgIpc) is 3.12. The number of ether oxygens (including phenoxy) is 2. The number of carbonyl (C=O) groups is 3. The van der Waals surface area contributed by atoms with Crippen molar-refractivity contribution in [3.05, 3.63) is 33.5 Å². The monoisotopic (exact) mass is 421 g/mol. The molecule has 0 saturated heterocycles. The number of aryl methyl sites for hydroxylation is 2.